The lowest BCUT2D eigenvalue weighted by Crippen LogP contribution is -2.28. The van der Waals surface area contributed by atoms with Gasteiger partial charge in [-0.15, -0.1) is 0 Å². The van der Waals surface area contributed by atoms with Gasteiger partial charge in [-0.2, -0.15) is 0 Å². The summed E-state index contributed by atoms with van der Waals surface area (Å²) in [5, 5.41) is 2.91. The van der Waals surface area contributed by atoms with Crippen molar-refractivity contribution in [3.63, 3.8) is 0 Å². The Bertz CT molecular complexity index is 1370. The molecule has 1 N–H and O–H groups in total. The summed E-state index contributed by atoms with van der Waals surface area (Å²) in [5.74, 6) is 0.928. The number of nitrogens with one attached hydrogen (secondary N) is 1. The summed E-state index contributed by atoms with van der Waals surface area (Å²) in [7, 11) is 4.54. The first kappa shape index (κ1) is 23.2. The molecule has 1 unspecified atom stereocenters. The number of carbonyl (C=O) groups excluding carboxylic acids is 2. The van der Waals surface area contributed by atoms with Crippen LogP contribution >= 0.6 is 0 Å². The van der Waals surface area contributed by atoms with Crippen LogP contribution in [0, 0.1) is 5.92 Å². The van der Waals surface area contributed by atoms with E-state index in [9.17, 15) is 9.59 Å². The van der Waals surface area contributed by atoms with Crippen LogP contribution < -0.4 is 24.4 Å². The highest BCUT2D eigenvalue weighted by atomic mass is 16.5. The van der Waals surface area contributed by atoms with E-state index in [4.69, 9.17) is 18.6 Å². The van der Waals surface area contributed by atoms with Gasteiger partial charge in [0.2, 0.25) is 23.5 Å². The summed E-state index contributed by atoms with van der Waals surface area (Å²) in [6.07, 6.45) is 0.101. The molecule has 184 valence electrons. The largest absolute Gasteiger partial charge is 0.493 e. The molecule has 0 bridgehead atoms. The molecule has 0 aliphatic carbocycles. The van der Waals surface area contributed by atoms with E-state index in [1.165, 1.54) is 21.3 Å². The minimum Gasteiger partial charge on any atom is -0.493 e. The zero-order valence-corrected chi connectivity index (χ0v) is 20.1. The molecule has 0 radical (unpaired) electrons. The first-order chi connectivity index (χ1) is 17.5. The lowest BCUT2D eigenvalue weighted by Gasteiger charge is -2.20. The Kier molecular flexibility index (Phi) is 6.20. The topological polar surface area (TPSA) is 103 Å². The number of ether oxygens (including phenoxy) is 3. The summed E-state index contributed by atoms with van der Waals surface area (Å²) in [5.41, 5.74) is 3.50. The van der Waals surface area contributed by atoms with Crippen LogP contribution in [-0.4, -0.2) is 44.7 Å². The van der Waals surface area contributed by atoms with Gasteiger partial charge in [-0.3, -0.25) is 9.59 Å². The zero-order valence-electron chi connectivity index (χ0n) is 20.1. The van der Waals surface area contributed by atoms with Crippen LogP contribution in [0.4, 0.5) is 11.4 Å². The average molecular weight is 488 g/mol. The summed E-state index contributed by atoms with van der Waals surface area (Å²) in [4.78, 5) is 31.8. The molecule has 1 aliphatic rings. The fraction of sp³-hybridized carbons (Fsp3) is 0.222. The van der Waals surface area contributed by atoms with Crippen molar-refractivity contribution in [2.75, 3.05) is 38.1 Å². The Hall–Kier alpha value is -4.53. The zero-order chi connectivity index (χ0) is 25.2. The maximum absolute atomic E-state index is 13.0. The van der Waals surface area contributed by atoms with Gasteiger partial charge in [0.05, 0.1) is 32.9 Å². The molecule has 0 saturated carbocycles. The highest BCUT2D eigenvalue weighted by Gasteiger charge is 2.36. The Morgan fingerprint density at radius 3 is 2.33 bits per heavy atom. The quantitative estimate of drug-likeness (QED) is 0.409. The smallest absolute Gasteiger partial charge is 0.229 e. The van der Waals surface area contributed by atoms with Crippen LogP contribution in [0.2, 0.25) is 0 Å². The first-order valence-corrected chi connectivity index (χ1v) is 11.4. The SMILES string of the molecule is COc1cc(N2CC(C(=O)Nc3ccc(-c4nc5ccccc5o4)cc3)CC2=O)cc(OC)c1OC. The van der Waals surface area contributed by atoms with E-state index in [2.05, 4.69) is 10.3 Å². The van der Waals surface area contributed by atoms with E-state index < -0.39 is 5.92 Å². The Balaban J connectivity index is 1.28. The van der Waals surface area contributed by atoms with E-state index in [-0.39, 0.29) is 24.8 Å². The number of oxazole rings is 1. The monoisotopic (exact) mass is 487 g/mol. The molecule has 1 atom stereocenters. The molecule has 3 aromatic carbocycles. The van der Waals surface area contributed by atoms with Crippen molar-refractivity contribution in [1.82, 2.24) is 4.98 Å². The van der Waals surface area contributed by atoms with Crippen LogP contribution in [0.3, 0.4) is 0 Å². The van der Waals surface area contributed by atoms with Crippen molar-refractivity contribution in [2.45, 2.75) is 6.42 Å². The number of rotatable bonds is 7. The maximum atomic E-state index is 13.0. The lowest BCUT2D eigenvalue weighted by atomic mass is 10.1. The van der Waals surface area contributed by atoms with Gasteiger partial charge in [0, 0.05) is 36.3 Å². The van der Waals surface area contributed by atoms with Gasteiger partial charge in [0.25, 0.3) is 0 Å². The number of nitrogens with zero attached hydrogens (tertiary/aromatic N) is 2. The number of hydrogen-bond donors (Lipinski definition) is 1. The Labute approximate surface area is 207 Å². The molecule has 1 aliphatic heterocycles. The number of carbonyl (C=O) groups is 2. The molecule has 2 amide bonds. The van der Waals surface area contributed by atoms with E-state index in [1.807, 2.05) is 36.4 Å². The summed E-state index contributed by atoms with van der Waals surface area (Å²) in [6, 6.07) is 18.2. The second-order valence-electron chi connectivity index (χ2n) is 8.34. The highest BCUT2D eigenvalue weighted by Crippen LogP contribution is 2.42. The van der Waals surface area contributed by atoms with Gasteiger partial charge in [-0.1, -0.05) is 12.1 Å². The summed E-state index contributed by atoms with van der Waals surface area (Å²) < 4.78 is 21.9. The van der Waals surface area contributed by atoms with Gasteiger partial charge in [0.1, 0.15) is 5.52 Å². The summed E-state index contributed by atoms with van der Waals surface area (Å²) in [6.45, 7) is 0.240. The van der Waals surface area contributed by atoms with Crippen molar-refractivity contribution >= 4 is 34.3 Å². The number of para-hydroxylation sites is 2. The highest BCUT2D eigenvalue weighted by molar-refractivity contribution is 6.03. The van der Waals surface area contributed by atoms with Gasteiger partial charge in [-0.05, 0) is 36.4 Å². The normalized spacial score (nSPS) is 15.2. The van der Waals surface area contributed by atoms with E-state index >= 15 is 0 Å². The second-order valence-corrected chi connectivity index (χ2v) is 8.34. The number of anilines is 2. The molecule has 9 nitrogen and oxygen atoms in total. The molecule has 1 aromatic heterocycles. The van der Waals surface area contributed by atoms with E-state index in [0.717, 1.165) is 11.1 Å². The number of amides is 2. The molecule has 9 heteroatoms. The van der Waals surface area contributed by atoms with Crippen LogP contribution in [-0.2, 0) is 9.59 Å². The third-order valence-electron chi connectivity index (χ3n) is 6.15. The van der Waals surface area contributed by atoms with Gasteiger partial charge < -0.3 is 28.8 Å². The fourth-order valence-electron chi connectivity index (χ4n) is 4.29. The number of hydrogen-bond acceptors (Lipinski definition) is 7. The van der Waals surface area contributed by atoms with Crippen LogP contribution in [0.15, 0.2) is 65.1 Å². The molecule has 0 spiro atoms. The standard InChI is InChI=1S/C27H25N3O6/c1-33-22-13-19(14-23(34-2)25(22)35-3)30-15-17(12-24(30)31)26(32)28-18-10-8-16(9-11-18)27-29-20-6-4-5-7-21(20)36-27/h4-11,13-14,17H,12,15H2,1-3H3,(H,28,32). The minimum absolute atomic E-state index is 0.101. The van der Waals surface area contributed by atoms with Crippen LogP contribution in [0.5, 0.6) is 17.2 Å². The lowest BCUT2D eigenvalue weighted by molar-refractivity contribution is -0.122. The molecule has 1 saturated heterocycles. The van der Waals surface area contributed by atoms with E-state index in [0.29, 0.717) is 40.1 Å². The average Bonchev–Trinajstić information content (AvgIpc) is 3.52. The number of methoxy groups -OCH3 is 3. The van der Waals surface area contributed by atoms with Gasteiger partial charge >= 0.3 is 0 Å². The van der Waals surface area contributed by atoms with Crippen molar-refractivity contribution in [1.29, 1.82) is 0 Å². The molecular formula is C27H25N3O6. The molecule has 5 rings (SSSR count). The van der Waals surface area contributed by atoms with Crippen LogP contribution in [0.1, 0.15) is 6.42 Å². The van der Waals surface area contributed by atoms with E-state index in [1.54, 1.807) is 29.2 Å². The second kappa shape index (κ2) is 9.61. The minimum atomic E-state index is -0.506. The fourth-order valence-corrected chi connectivity index (χ4v) is 4.29. The maximum Gasteiger partial charge on any atom is 0.229 e. The predicted octanol–water partition coefficient (Wildman–Crippen LogP) is 4.51. The number of aromatic nitrogens is 1. The Morgan fingerprint density at radius 2 is 1.69 bits per heavy atom. The third-order valence-corrected chi connectivity index (χ3v) is 6.15. The van der Waals surface area contributed by atoms with Crippen molar-refractivity contribution < 1.29 is 28.2 Å². The summed E-state index contributed by atoms with van der Waals surface area (Å²) >= 11 is 0. The molecule has 36 heavy (non-hydrogen) atoms. The third kappa shape index (κ3) is 4.31. The Morgan fingerprint density at radius 1 is 1.00 bits per heavy atom. The van der Waals surface area contributed by atoms with Gasteiger partial charge in [0.15, 0.2) is 17.1 Å². The number of fused-ring (bicyclic) bond motifs is 1. The molecule has 2 heterocycles. The van der Waals surface area contributed by atoms with Gasteiger partial charge in [-0.25, -0.2) is 4.98 Å². The van der Waals surface area contributed by atoms with Crippen LogP contribution in [0.25, 0.3) is 22.6 Å². The predicted molar refractivity (Wildman–Crippen MR) is 135 cm³/mol. The molecular weight excluding hydrogens is 462 g/mol. The first-order valence-electron chi connectivity index (χ1n) is 11.4. The van der Waals surface area contributed by atoms with Crippen molar-refractivity contribution in [3.05, 3.63) is 60.7 Å². The molecule has 1 fully saturated rings. The molecule has 4 aromatic rings. The van der Waals surface area contributed by atoms with Crippen molar-refractivity contribution in [2.24, 2.45) is 5.92 Å². The number of benzene rings is 3. The van der Waals surface area contributed by atoms with Crippen molar-refractivity contribution in [3.8, 4) is 28.7 Å².